The van der Waals surface area contributed by atoms with Crippen molar-refractivity contribution >= 4 is 17.7 Å². The SMILES string of the molecule is Cc1cc(C)nc(SCc2c(C(=O)NCCC3=CCCCC3)nnn2-c2ccc(OC(F)(F)F)cc2)n1. The van der Waals surface area contributed by atoms with E-state index in [0.29, 0.717) is 23.1 Å². The Bertz CT molecular complexity index is 1250. The first kappa shape index (κ1) is 26.6. The Balaban J connectivity index is 1.55. The molecular weight excluding hydrogens is 505 g/mol. The summed E-state index contributed by atoms with van der Waals surface area (Å²) in [6.07, 6.45) is 2.73. The van der Waals surface area contributed by atoms with E-state index >= 15 is 0 Å². The largest absolute Gasteiger partial charge is 0.573 e. The molecule has 1 N–H and O–H groups in total. The molecule has 0 saturated carbocycles. The van der Waals surface area contributed by atoms with Crippen LogP contribution in [0.2, 0.25) is 0 Å². The Morgan fingerprint density at radius 2 is 1.86 bits per heavy atom. The van der Waals surface area contributed by atoms with E-state index in [0.717, 1.165) is 30.7 Å². The van der Waals surface area contributed by atoms with Crippen molar-refractivity contribution in [1.29, 1.82) is 0 Å². The summed E-state index contributed by atoms with van der Waals surface area (Å²) in [4.78, 5) is 21.9. The van der Waals surface area contributed by atoms with Gasteiger partial charge in [0.1, 0.15) is 5.75 Å². The lowest BCUT2D eigenvalue weighted by Crippen LogP contribution is -2.26. The Hall–Kier alpha value is -3.41. The van der Waals surface area contributed by atoms with Crippen molar-refractivity contribution in [1.82, 2.24) is 30.3 Å². The fraction of sp³-hybridized carbons (Fsp3) is 0.400. The van der Waals surface area contributed by atoms with E-state index in [9.17, 15) is 18.0 Å². The first-order valence-corrected chi connectivity index (χ1v) is 12.9. The zero-order chi connectivity index (χ0) is 26.4. The van der Waals surface area contributed by atoms with Gasteiger partial charge in [0.25, 0.3) is 5.91 Å². The number of halogens is 3. The lowest BCUT2D eigenvalue weighted by molar-refractivity contribution is -0.274. The summed E-state index contributed by atoms with van der Waals surface area (Å²) in [5, 5.41) is 11.7. The van der Waals surface area contributed by atoms with Crippen molar-refractivity contribution in [2.24, 2.45) is 0 Å². The van der Waals surface area contributed by atoms with Gasteiger partial charge in [-0.2, -0.15) is 0 Å². The van der Waals surface area contributed by atoms with Crippen LogP contribution in [-0.4, -0.2) is 43.8 Å². The summed E-state index contributed by atoms with van der Waals surface area (Å²) >= 11 is 1.32. The van der Waals surface area contributed by atoms with E-state index in [4.69, 9.17) is 0 Å². The minimum Gasteiger partial charge on any atom is -0.406 e. The van der Waals surface area contributed by atoms with Gasteiger partial charge in [-0.3, -0.25) is 4.79 Å². The van der Waals surface area contributed by atoms with Crippen molar-refractivity contribution in [3.05, 3.63) is 64.8 Å². The second-order valence-electron chi connectivity index (χ2n) is 8.67. The van der Waals surface area contributed by atoms with Gasteiger partial charge in [0.05, 0.1) is 11.4 Å². The molecule has 1 amide bonds. The van der Waals surface area contributed by atoms with Gasteiger partial charge in [-0.05, 0) is 76.3 Å². The van der Waals surface area contributed by atoms with Crippen LogP contribution in [-0.2, 0) is 5.75 Å². The molecule has 0 unspecified atom stereocenters. The minimum atomic E-state index is -4.79. The van der Waals surface area contributed by atoms with Gasteiger partial charge in [-0.1, -0.05) is 28.6 Å². The summed E-state index contributed by atoms with van der Waals surface area (Å²) < 4.78 is 43.0. The normalized spacial score (nSPS) is 13.8. The first-order valence-electron chi connectivity index (χ1n) is 11.9. The van der Waals surface area contributed by atoms with Crippen LogP contribution in [0.1, 0.15) is 59.7 Å². The zero-order valence-corrected chi connectivity index (χ0v) is 21.3. The Morgan fingerprint density at radius 1 is 1.14 bits per heavy atom. The van der Waals surface area contributed by atoms with Crippen LogP contribution in [0.25, 0.3) is 5.69 Å². The van der Waals surface area contributed by atoms with Crippen LogP contribution in [0.5, 0.6) is 5.75 Å². The zero-order valence-electron chi connectivity index (χ0n) is 20.5. The number of ether oxygens (including phenoxy) is 1. The number of aromatic nitrogens is 5. The molecule has 0 spiro atoms. The fourth-order valence-corrected chi connectivity index (χ4v) is 4.99. The van der Waals surface area contributed by atoms with Crippen LogP contribution >= 0.6 is 11.8 Å². The predicted molar refractivity (Wildman–Crippen MR) is 133 cm³/mol. The molecule has 196 valence electrons. The number of amides is 1. The smallest absolute Gasteiger partial charge is 0.406 e. The molecule has 1 aliphatic carbocycles. The molecule has 0 atom stereocenters. The molecule has 12 heteroatoms. The van der Waals surface area contributed by atoms with Crippen LogP contribution in [0, 0.1) is 13.8 Å². The van der Waals surface area contributed by atoms with Crippen molar-refractivity contribution in [2.75, 3.05) is 6.54 Å². The third-order valence-corrected chi connectivity index (χ3v) is 6.57. The number of carbonyl (C=O) groups excluding carboxylic acids is 1. The molecule has 8 nitrogen and oxygen atoms in total. The van der Waals surface area contributed by atoms with Crippen LogP contribution in [0.3, 0.4) is 0 Å². The van der Waals surface area contributed by atoms with Gasteiger partial charge < -0.3 is 10.1 Å². The molecule has 1 aliphatic rings. The topological polar surface area (TPSA) is 94.8 Å². The molecule has 1 aromatic carbocycles. The number of thioether (sulfide) groups is 1. The molecule has 3 aromatic rings. The molecule has 37 heavy (non-hydrogen) atoms. The van der Waals surface area contributed by atoms with Crippen LogP contribution in [0.15, 0.2) is 47.1 Å². The molecule has 4 rings (SSSR count). The monoisotopic (exact) mass is 532 g/mol. The molecule has 2 heterocycles. The number of rotatable bonds is 9. The van der Waals surface area contributed by atoms with E-state index in [1.165, 1.54) is 59.1 Å². The van der Waals surface area contributed by atoms with Gasteiger partial charge in [0, 0.05) is 23.7 Å². The lowest BCUT2D eigenvalue weighted by atomic mass is 9.97. The third-order valence-electron chi connectivity index (χ3n) is 5.71. The summed E-state index contributed by atoms with van der Waals surface area (Å²) in [5.41, 5.74) is 4.04. The highest BCUT2D eigenvalue weighted by atomic mass is 32.2. The van der Waals surface area contributed by atoms with Crippen molar-refractivity contribution < 1.29 is 22.7 Å². The molecule has 0 saturated heterocycles. The number of allylic oxidation sites excluding steroid dienone is 1. The Morgan fingerprint density at radius 3 is 2.51 bits per heavy atom. The standard InChI is InChI=1S/C25H27F3N6O2S/c1-16-14-17(2)31-24(30-16)37-15-21-22(23(35)29-13-12-18-6-4-3-5-7-18)32-33-34(21)19-8-10-20(11-9-19)36-25(26,27)28/h6,8-11,14H,3-5,7,12-13,15H2,1-2H3,(H,29,35). The Labute approximate surface area is 216 Å². The number of hydrogen-bond donors (Lipinski definition) is 1. The summed E-state index contributed by atoms with van der Waals surface area (Å²) in [7, 11) is 0. The van der Waals surface area contributed by atoms with Crippen LogP contribution < -0.4 is 10.1 Å². The number of aryl methyl sites for hydroxylation is 2. The highest BCUT2D eigenvalue weighted by molar-refractivity contribution is 7.98. The van der Waals surface area contributed by atoms with Gasteiger partial charge in [-0.15, -0.1) is 18.3 Å². The molecular formula is C25H27F3N6O2S. The van der Waals surface area contributed by atoms with Crippen molar-refractivity contribution in [3.8, 4) is 11.4 Å². The number of nitrogens with one attached hydrogen (secondary N) is 1. The van der Waals surface area contributed by atoms with Crippen molar-refractivity contribution in [2.45, 2.75) is 63.2 Å². The molecule has 0 fully saturated rings. The maximum Gasteiger partial charge on any atom is 0.573 e. The molecule has 0 radical (unpaired) electrons. The number of nitrogens with zero attached hydrogens (tertiary/aromatic N) is 5. The number of carbonyl (C=O) groups is 1. The molecule has 0 bridgehead atoms. The minimum absolute atomic E-state index is 0.144. The van der Waals surface area contributed by atoms with E-state index in [1.54, 1.807) is 0 Å². The summed E-state index contributed by atoms with van der Waals surface area (Å²) in [5.74, 6) is -0.451. The maximum absolute atomic E-state index is 13.1. The predicted octanol–water partition coefficient (Wildman–Crippen LogP) is 5.49. The second-order valence-corrected chi connectivity index (χ2v) is 9.62. The molecule has 0 aliphatic heterocycles. The average molecular weight is 533 g/mol. The number of hydrogen-bond acceptors (Lipinski definition) is 7. The Kier molecular flexibility index (Phi) is 8.47. The quantitative estimate of drug-likeness (QED) is 0.221. The van der Waals surface area contributed by atoms with E-state index < -0.39 is 6.36 Å². The van der Waals surface area contributed by atoms with Gasteiger partial charge in [-0.25, -0.2) is 14.6 Å². The van der Waals surface area contributed by atoms with Crippen molar-refractivity contribution in [3.63, 3.8) is 0 Å². The second kappa shape index (κ2) is 11.8. The highest BCUT2D eigenvalue weighted by Crippen LogP contribution is 2.27. The lowest BCUT2D eigenvalue weighted by Gasteiger charge is -2.13. The third kappa shape index (κ3) is 7.54. The van der Waals surface area contributed by atoms with Gasteiger partial charge >= 0.3 is 6.36 Å². The highest BCUT2D eigenvalue weighted by Gasteiger charge is 2.31. The summed E-state index contributed by atoms with van der Waals surface area (Å²) in [6.45, 7) is 4.22. The summed E-state index contributed by atoms with van der Waals surface area (Å²) in [6, 6.07) is 7.09. The average Bonchev–Trinajstić information content (AvgIpc) is 3.26. The van der Waals surface area contributed by atoms with E-state index in [1.807, 2.05) is 19.9 Å². The first-order chi connectivity index (χ1) is 17.7. The van der Waals surface area contributed by atoms with E-state index in [2.05, 4.69) is 36.4 Å². The fourth-order valence-electron chi connectivity index (χ4n) is 4.05. The van der Waals surface area contributed by atoms with Gasteiger partial charge in [0.2, 0.25) is 0 Å². The number of benzene rings is 1. The van der Waals surface area contributed by atoms with E-state index in [-0.39, 0.29) is 23.1 Å². The molecule has 2 aromatic heterocycles. The number of alkyl halides is 3. The maximum atomic E-state index is 13.1. The van der Waals surface area contributed by atoms with Gasteiger partial charge in [0.15, 0.2) is 10.9 Å². The van der Waals surface area contributed by atoms with Crippen LogP contribution in [0.4, 0.5) is 13.2 Å².